The molecule has 0 radical (unpaired) electrons. The number of ether oxygens (including phenoxy) is 1. The summed E-state index contributed by atoms with van der Waals surface area (Å²) in [5, 5.41) is 3.92. The third kappa shape index (κ3) is 3.36. The van der Waals surface area contributed by atoms with Crippen molar-refractivity contribution in [2.24, 2.45) is 11.0 Å². The molecule has 0 heterocycles. The molecular formula is C14H14N2O2. The lowest BCUT2D eigenvalue weighted by molar-refractivity contribution is -0.122. The van der Waals surface area contributed by atoms with Crippen LogP contribution in [0.1, 0.15) is 18.4 Å². The highest BCUT2D eigenvalue weighted by Crippen LogP contribution is 2.28. The van der Waals surface area contributed by atoms with Crippen molar-refractivity contribution in [3.8, 4) is 18.1 Å². The molecule has 4 nitrogen and oxygen atoms in total. The Morgan fingerprint density at radius 1 is 1.56 bits per heavy atom. The molecule has 1 amide bonds. The lowest BCUT2D eigenvalue weighted by Crippen LogP contribution is -2.19. The Morgan fingerprint density at radius 3 is 3.06 bits per heavy atom. The lowest BCUT2D eigenvalue weighted by atomic mass is 10.2. The smallest absolute Gasteiger partial charge is 0.243 e. The van der Waals surface area contributed by atoms with Crippen LogP contribution in [0.5, 0.6) is 5.75 Å². The molecule has 0 unspecified atom stereocenters. The summed E-state index contributed by atoms with van der Waals surface area (Å²) in [5.74, 6) is 3.19. The molecule has 1 aromatic carbocycles. The third-order valence-corrected chi connectivity index (χ3v) is 2.56. The van der Waals surface area contributed by atoms with E-state index in [9.17, 15) is 4.79 Å². The number of hydrogen-bond donors (Lipinski definition) is 1. The van der Waals surface area contributed by atoms with Gasteiger partial charge >= 0.3 is 0 Å². The van der Waals surface area contributed by atoms with Crippen LogP contribution >= 0.6 is 0 Å². The van der Waals surface area contributed by atoms with Gasteiger partial charge in [-0.15, -0.1) is 6.42 Å². The first-order valence-corrected chi connectivity index (χ1v) is 5.79. The summed E-state index contributed by atoms with van der Waals surface area (Å²) in [6.07, 6.45) is 8.63. The largest absolute Gasteiger partial charge is 0.480 e. The number of hydrogen-bond acceptors (Lipinski definition) is 3. The zero-order chi connectivity index (χ0) is 12.8. The van der Waals surface area contributed by atoms with Gasteiger partial charge in [-0.3, -0.25) is 4.79 Å². The molecule has 1 fully saturated rings. The molecule has 4 heteroatoms. The van der Waals surface area contributed by atoms with Crippen LogP contribution in [-0.2, 0) is 4.79 Å². The van der Waals surface area contributed by atoms with Gasteiger partial charge in [0.25, 0.3) is 0 Å². The number of amides is 1. The number of nitrogens with one attached hydrogen (secondary N) is 1. The first kappa shape index (κ1) is 12.2. The zero-order valence-corrected chi connectivity index (χ0v) is 9.93. The van der Waals surface area contributed by atoms with E-state index in [1.165, 1.54) is 0 Å². The van der Waals surface area contributed by atoms with Crippen LogP contribution in [0.25, 0.3) is 0 Å². The highest BCUT2D eigenvalue weighted by Gasteiger charge is 2.29. The summed E-state index contributed by atoms with van der Waals surface area (Å²) in [4.78, 5) is 11.4. The van der Waals surface area contributed by atoms with E-state index in [0.717, 1.165) is 18.4 Å². The Hall–Kier alpha value is -2.28. The molecule has 0 spiro atoms. The molecule has 0 bridgehead atoms. The summed E-state index contributed by atoms with van der Waals surface area (Å²) >= 11 is 0. The standard InChI is InChI=1S/C14H14N2O2/c1-2-9-18-13-6-4-3-5-12(13)10-15-16-14(17)11-7-8-11/h1,3-6,10-11H,7-9H2,(H,16,17)/b15-10-. The van der Waals surface area contributed by atoms with Gasteiger partial charge < -0.3 is 4.74 Å². The number of terminal acetylenes is 1. The molecular weight excluding hydrogens is 228 g/mol. The van der Waals surface area contributed by atoms with E-state index in [-0.39, 0.29) is 18.4 Å². The molecule has 0 atom stereocenters. The van der Waals surface area contributed by atoms with Crippen molar-refractivity contribution in [1.29, 1.82) is 0 Å². The topological polar surface area (TPSA) is 50.7 Å². The summed E-state index contributed by atoms with van der Waals surface area (Å²) in [6.45, 7) is 0.208. The molecule has 1 saturated carbocycles. The summed E-state index contributed by atoms with van der Waals surface area (Å²) < 4.78 is 5.36. The summed E-state index contributed by atoms with van der Waals surface area (Å²) in [6, 6.07) is 7.37. The fourth-order valence-electron chi connectivity index (χ4n) is 1.44. The number of nitrogens with zero attached hydrogens (tertiary/aromatic N) is 1. The van der Waals surface area contributed by atoms with Gasteiger partial charge in [0.15, 0.2) is 0 Å². The maximum Gasteiger partial charge on any atom is 0.243 e. The zero-order valence-electron chi connectivity index (χ0n) is 9.93. The first-order chi connectivity index (χ1) is 8.81. The number of benzene rings is 1. The monoisotopic (exact) mass is 242 g/mol. The lowest BCUT2D eigenvalue weighted by Gasteiger charge is -2.05. The van der Waals surface area contributed by atoms with E-state index in [4.69, 9.17) is 11.2 Å². The number of rotatable bonds is 5. The van der Waals surface area contributed by atoms with Gasteiger partial charge in [0.05, 0.1) is 6.21 Å². The minimum atomic E-state index is -0.0201. The SMILES string of the molecule is C#CCOc1ccccc1/C=N\NC(=O)C1CC1. The fraction of sp³-hybridized carbons (Fsp3) is 0.286. The van der Waals surface area contributed by atoms with Crippen molar-refractivity contribution in [2.75, 3.05) is 6.61 Å². The number of carbonyl (C=O) groups is 1. The molecule has 2 rings (SSSR count). The molecule has 0 saturated heterocycles. The average Bonchev–Trinajstić information content (AvgIpc) is 3.22. The third-order valence-electron chi connectivity index (χ3n) is 2.56. The van der Waals surface area contributed by atoms with Gasteiger partial charge in [0.2, 0.25) is 5.91 Å². The predicted molar refractivity (Wildman–Crippen MR) is 69.2 cm³/mol. The van der Waals surface area contributed by atoms with Gasteiger partial charge in [-0.1, -0.05) is 18.1 Å². The second-order valence-electron chi connectivity index (χ2n) is 4.04. The Bertz CT molecular complexity index is 499. The maximum atomic E-state index is 11.4. The molecule has 1 aliphatic carbocycles. The predicted octanol–water partition coefficient (Wildman–Crippen LogP) is 1.56. The Morgan fingerprint density at radius 2 is 2.33 bits per heavy atom. The van der Waals surface area contributed by atoms with Gasteiger partial charge in [-0.2, -0.15) is 5.10 Å². The van der Waals surface area contributed by atoms with E-state index in [0.29, 0.717) is 5.75 Å². The van der Waals surface area contributed by atoms with Crippen LogP contribution < -0.4 is 10.2 Å². The van der Waals surface area contributed by atoms with Crippen molar-refractivity contribution in [3.05, 3.63) is 29.8 Å². The van der Waals surface area contributed by atoms with Crippen molar-refractivity contribution in [1.82, 2.24) is 5.43 Å². The molecule has 1 N–H and O–H groups in total. The molecule has 1 aliphatic rings. The van der Waals surface area contributed by atoms with Crippen molar-refractivity contribution in [2.45, 2.75) is 12.8 Å². The van der Waals surface area contributed by atoms with Gasteiger partial charge in [0, 0.05) is 11.5 Å². The van der Waals surface area contributed by atoms with E-state index in [1.807, 2.05) is 18.2 Å². The number of para-hydroxylation sites is 1. The highest BCUT2D eigenvalue weighted by atomic mass is 16.5. The van der Waals surface area contributed by atoms with E-state index in [2.05, 4.69) is 16.4 Å². The van der Waals surface area contributed by atoms with Crippen LogP contribution in [-0.4, -0.2) is 18.7 Å². The molecule has 1 aromatic rings. The number of hydrazone groups is 1. The van der Waals surface area contributed by atoms with Crippen molar-refractivity contribution < 1.29 is 9.53 Å². The molecule has 92 valence electrons. The minimum Gasteiger partial charge on any atom is -0.480 e. The molecule has 18 heavy (non-hydrogen) atoms. The van der Waals surface area contributed by atoms with E-state index >= 15 is 0 Å². The first-order valence-electron chi connectivity index (χ1n) is 5.79. The van der Waals surface area contributed by atoms with Gasteiger partial charge in [0.1, 0.15) is 12.4 Å². The van der Waals surface area contributed by atoms with E-state index < -0.39 is 0 Å². The quantitative estimate of drug-likeness (QED) is 0.484. The average molecular weight is 242 g/mol. The fourth-order valence-corrected chi connectivity index (χ4v) is 1.44. The molecule has 0 aliphatic heterocycles. The normalized spacial score (nSPS) is 14.2. The molecule has 0 aromatic heterocycles. The van der Waals surface area contributed by atoms with Gasteiger partial charge in [-0.05, 0) is 25.0 Å². The van der Waals surface area contributed by atoms with Crippen LogP contribution in [0.4, 0.5) is 0 Å². The Labute approximate surface area is 106 Å². The highest BCUT2D eigenvalue weighted by molar-refractivity contribution is 5.86. The Kier molecular flexibility index (Phi) is 3.98. The van der Waals surface area contributed by atoms with Crippen molar-refractivity contribution >= 4 is 12.1 Å². The van der Waals surface area contributed by atoms with Gasteiger partial charge in [-0.25, -0.2) is 5.43 Å². The van der Waals surface area contributed by atoms with Crippen LogP contribution in [0, 0.1) is 18.3 Å². The maximum absolute atomic E-state index is 11.4. The second-order valence-corrected chi connectivity index (χ2v) is 4.04. The van der Waals surface area contributed by atoms with Crippen LogP contribution in [0.15, 0.2) is 29.4 Å². The Balaban J connectivity index is 1.96. The van der Waals surface area contributed by atoms with Crippen LogP contribution in [0.2, 0.25) is 0 Å². The van der Waals surface area contributed by atoms with Crippen molar-refractivity contribution in [3.63, 3.8) is 0 Å². The minimum absolute atomic E-state index is 0.0201. The summed E-state index contributed by atoms with van der Waals surface area (Å²) in [5.41, 5.74) is 3.29. The number of carbonyl (C=O) groups excluding carboxylic acids is 1. The van der Waals surface area contributed by atoms with Crippen LogP contribution in [0.3, 0.4) is 0 Å². The second kappa shape index (κ2) is 5.87. The van der Waals surface area contributed by atoms with E-state index in [1.54, 1.807) is 12.3 Å². The summed E-state index contributed by atoms with van der Waals surface area (Å²) in [7, 11) is 0.